The van der Waals surface area contributed by atoms with Crippen LogP contribution in [0, 0.1) is 0 Å². The largest absolute Gasteiger partial charge is 0.355 e. The summed E-state index contributed by atoms with van der Waals surface area (Å²) in [4.78, 5) is 6.79. The number of amidine groups is 1. The number of halogens is 2. The first-order valence-corrected chi connectivity index (χ1v) is 4.81. The van der Waals surface area contributed by atoms with Crippen molar-refractivity contribution in [1.82, 2.24) is 4.90 Å². The van der Waals surface area contributed by atoms with Crippen molar-refractivity contribution >= 4 is 29.8 Å². The number of aliphatic imine (C=N–C) groups is 1. The topological polar surface area (TPSA) is 15.6 Å². The molecule has 0 aliphatic carbocycles. The normalized spacial score (nSPS) is 27.6. The van der Waals surface area contributed by atoms with E-state index in [1.807, 2.05) is 0 Å². The van der Waals surface area contributed by atoms with Crippen LogP contribution in [0.4, 0.5) is 0 Å². The molecule has 1 saturated heterocycles. The highest BCUT2D eigenvalue weighted by molar-refractivity contribution is 6.28. The van der Waals surface area contributed by atoms with Crippen molar-refractivity contribution in [2.45, 2.75) is 25.3 Å². The molecule has 0 amide bonds. The summed E-state index contributed by atoms with van der Waals surface area (Å²) in [5, 5.41) is 0. The molecule has 0 aromatic rings. The second-order valence-electron chi connectivity index (χ2n) is 3.23. The van der Waals surface area contributed by atoms with Gasteiger partial charge in [-0.05, 0) is 19.3 Å². The highest BCUT2D eigenvalue weighted by atomic mass is 35.5. The Balaban J connectivity index is 0.000000720. The molecule has 2 aliphatic heterocycles. The molecule has 2 nitrogen and oxygen atoms in total. The van der Waals surface area contributed by atoms with Gasteiger partial charge in [-0.25, -0.2) is 0 Å². The fourth-order valence-electron chi connectivity index (χ4n) is 1.95. The van der Waals surface area contributed by atoms with Crippen molar-refractivity contribution in [2.75, 3.05) is 19.0 Å². The van der Waals surface area contributed by atoms with Gasteiger partial charge < -0.3 is 4.90 Å². The molecule has 0 aromatic heterocycles. The SMILES string of the molecule is Cl.ClCC1=NCC2CCCCN12. The zero-order valence-electron chi connectivity index (χ0n) is 7.00. The molecule has 0 aromatic carbocycles. The lowest BCUT2D eigenvalue weighted by Crippen LogP contribution is -2.40. The van der Waals surface area contributed by atoms with Crippen LogP contribution in [0.25, 0.3) is 0 Å². The molecule has 2 rings (SSSR count). The van der Waals surface area contributed by atoms with E-state index in [0.29, 0.717) is 11.9 Å². The van der Waals surface area contributed by atoms with Crippen LogP contribution < -0.4 is 0 Å². The van der Waals surface area contributed by atoms with Crippen LogP contribution in [0.1, 0.15) is 19.3 Å². The maximum absolute atomic E-state index is 5.76. The third-order valence-electron chi connectivity index (χ3n) is 2.56. The van der Waals surface area contributed by atoms with E-state index in [4.69, 9.17) is 11.6 Å². The average molecular weight is 209 g/mol. The molecule has 12 heavy (non-hydrogen) atoms. The third-order valence-corrected chi connectivity index (χ3v) is 2.80. The predicted molar refractivity (Wildman–Crippen MR) is 54.6 cm³/mol. The van der Waals surface area contributed by atoms with E-state index in [-0.39, 0.29) is 12.4 Å². The maximum atomic E-state index is 5.76. The standard InChI is InChI=1S/C8H13ClN2.ClH/c9-5-8-10-6-7-3-1-2-4-11(7)8;/h7H,1-6H2;1H. The Morgan fingerprint density at radius 2 is 2.33 bits per heavy atom. The minimum Gasteiger partial charge on any atom is -0.355 e. The Kier molecular flexibility index (Phi) is 3.66. The Bertz CT molecular complexity index is 182. The second kappa shape index (κ2) is 4.33. The second-order valence-corrected chi connectivity index (χ2v) is 3.50. The number of nitrogens with zero attached hydrogens (tertiary/aromatic N) is 2. The van der Waals surface area contributed by atoms with Crippen LogP contribution in [0.3, 0.4) is 0 Å². The van der Waals surface area contributed by atoms with E-state index in [1.165, 1.54) is 25.8 Å². The summed E-state index contributed by atoms with van der Waals surface area (Å²) in [6.07, 6.45) is 3.99. The highest BCUT2D eigenvalue weighted by Gasteiger charge is 2.28. The zero-order chi connectivity index (χ0) is 7.68. The number of piperidine rings is 1. The lowest BCUT2D eigenvalue weighted by molar-refractivity contribution is 0.267. The molecule has 2 heterocycles. The molecule has 70 valence electrons. The highest BCUT2D eigenvalue weighted by Crippen LogP contribution is 2.22. The van der Waals surface area contributed by atoms with E-state index < -0.39 is 0 Å². The Labute approximate surface area is 84.4 Å². The van der Waals surface area contributed by atoms with Crippen molar-refractivity contribution in [1.29, 1.82) is 0 Å². The maximum Gasteiger partial charge on any atom is 0.114 e. The Morgan fingerprint density at radius 3 is 3.08 bits per heavy atom. The van der Waals surface area contributed by atoms with Gasteiger partial charge in [0, 0.05) is 12.6 Å². The van der Waals surface area contributed by atoms with Crippen LogP contribution in [0.5, 0.6) is 0 Å². The Hall–Kier alpha value is 0.0500. The van der Waals surface area contributed by atoms with E-state index in [2.05, 4.69) is 9.89 Å². The summed E-state index contributed by atoms with van der Waals surface area (Å²) in [5.41, 5.74) is 0. The molecule has 0 bridgehead atoms. The third kappa shape index (κ3) is 1.69. The van der Waals surface area contributed by atoms with Crippen molar-refractivity contribution < 1.29 is 0 Å². The van der Waals surface area contributed by atoms with Crippen LogP contribution in [0.2, 0.25) is 0 Å². The van der Waals surface area contributed by atoms with Gasteiger partial charge in [-0.15, -0.1) is 24.0 Å². The fourth-order valence-corrected chi connectivity index (χ4v) is 2.19. The molecule has 0 N–H and O–H groups in total. The molecule has 0 radical (unpaired) electrons. The van der Waals surface area contributed by atoms with Gasteiger partial charge in [-0.2, -0.15) is 0 Å². The Morgan fingerprint density at radius 1 is 1.50 bits per heavy atom. The number of fused-ring (bicyclic) bond motifs is 1. The van der Waals surface area contributed by atoms with Gasteiger partial charge in [-0.1, -0.05) is 0 Å². The smallest absolute Gasteiger partial charge is 0.114 e. The number of hydrogen-bond acceptors (Lipinski definition) is 2. The number of rotatable bonds is 1. The van der Waals surface area contributed by atoms with Crippen molar-refractivity contribution in [2.24, 2.45) is 4.99 Å². The van der Waals surface area contributed by atoms with Crippen molar-refractivity contribution in [3.8, 4) is 0 Å². The molecular formula is C8H14Cl2N2. The van der Waals surface area contributed by atoms with Crippen molar-refractivity contribution in [3.05, 3.63) is 0 Å². The zero-order valence-corrected chi connectivity index (χ0v) is 8.57. The van der Waals surface area contributed by atoms with Gasteiger partial charge in [0.2, 0.25) is 0 Å². The summed E-state index contributed by atoms with van der Waals surface area (Å²) in [5.74, 6) is 1.72. The molecule has 2 aliphatic rings. The molecule has 0 saturated carbocycles. The summed E-state index contributed by atoms with van der Waals surface area (Å²) in [6, 6.07) is 0.692. The van der Waals surface area contributed by atoms with Gasteiger partial charge >= 0.3 is 0 Å². The van der Waals surface area contributed by atoms with Crippen LogP contribution in [-0.4, -0.2) is 35.7 Å². The van der Waals surface area contributed by atoms with Crippen molar-refractivity contribution in [3.63, 3.8) is 0 Å². The molecule has 4 heteroatoms. The summed E-state index contributed by atoms with van der Waals surface area (Å²) in [7, 11) is 0. The van der Waals surface area contributed by atoms with Crippen LogP contribution >= 0.6 is 24.0 Å². The van der Waals surface area contributed by atoms with Gasteiger partial charge in [-0.3, -0.25) is 4.99 Å². The molecule has 1 unspecified atom stereocenters. The van der Waals surface area contributed by atoms with Gasteiger partial charge in [0.1, 0.15) is 5.84 Å². The monoisotopic (exact) mass is 208 g/mol. The quantitative estimate of drug-likeness (QED) is 0.602. The fraction of sp³-hybridized carbons (Fsp3) is 0.875. The first-order chi connectivity index (χ1) is 5.42. The van der Waals surface area contributed by atoms with Gasteiger partial charge in [0.25, 0.3) is 0 Å². The minimum atomic E-state index is 0. The number of alkyl halides is 1. The molecule has 1 atom stereocenters. The van der Waals surface area contributed by atoms with Crippen LogP contribution in [0.15, 0.2) is 4.99 Å². The summed E-state index contributed by atoms with van der Waals surface area (Å²) in [6.45, 7) is 2.16. The lowest BCUT2D eigenvalue weighted by atomic mass is 10.0. The number of hydrogen-bond donors (Lipinski definition) is 0. The predicted octanol–water partition coefficient (Wildman–Crippen LogP) is 1.91. The first-order valence-electron chi connectivity index (χ1n) is 4.28. The molecule has 0 spiro atoms. The van der Waals surface area contributed by atoms with E-state index in [9.17, 15) is 0 Å². The first kappa shape index (κ1) is 10.1. The van der Waals surface area contributed by atoms with Crippen LogP contribution in [-0.2, 0) is 0 Å². The summed E-state index contributed by atoms with van der Waals surface area (Å²) >= 11 is 5.76. The van der Waals surface area contributed by atoms with E-state index in [0.717, 1.165) is 12.4 Å². The minimum absolute atomic E-state index is 0. The van der Waals surface area contributed by atoms with Gasteiger partial charge in [0.15, 0.2) is 0 Å². The van der Waals surface area contributed by atoms with E-state index >= 15 is 0 Å². The van der Waals surface area contributed by atoms with E-state index in [1.54, 1.807) is 0 Å². The molecular weight excluding hydrogens is 195 g/mol. The van der Waals surface area contributed by atoms with Gasteiger partial charge in [0.05, 0.1) is 12.4 Å². The molecule has 1 fully saturated rings. The lowest BCUT2D eigenvalue weighted by Gasteiger charge is -2.31. The summed E-state index contributed by atoms with van der Waals surface area (Å²) < 4.78 is 0. The average Bonchev–Trinajstić information content (AvgIpc) is 2.47.